The van der Waals surface area contributed by atoms with E-state index in [1.807, 2.05) is 32.0 Å². The predicted octanol–water partition coefficient (Wildman–Crippen LogP) is 2.60. The molecule has 0 saturated carbocycles. The van der Waals surface area contributed by atoms with Gasteiger partial charge >= 0.3 is 0 Å². The third-order valence-electron chi connectivity index (χ3n) is 2.62. The monoisotopic (exact) mass is 257 g/mol. The summed E-state index contributed by atoms with van der Waals surface area (Å²) in [6.07, 6.45) is 0.890. The molecular formula is C13H20ClNO2. The van der Waals surface area contributed by atoms with Gasteiger partial charge in [0.25, 0.3) is 0 Å². The zero-order valence-corrected chi connectivity index (χ0v) is 11.1. The molecule has 0 heterocycles. The van der Waals surface area contributed by atoms with E-state index in [0.717, 1.165) is 17.7 Å². The first kappa shape index (κ1) is 14.3. The van der Waals surface area contributed by atoms with Crippen LogP contribution in [0.5, 0.6) is 5.75 Å². The molecule has 1 aromatic rings. The van der Waals surface area contributed by atoms with Crippen molar-refractivity contribution in [3.05, 3.63) is 28.8 Å². The minimum Gasteiger partial charge on any atom is -0.494 e. The van der Waals surface area contributed by atoms with E-state index in [0.29, 0.717) is 18.2 Å². The summed E-state index contributed by atoms with van der Waals surface area (Å²) < 4.78 is 5.53. The first-order valence-corrected chi connectivity index (χ1v) is 6.34. The summed E-state index contributed by atoms with van der Waals surface area (Å²) in [7, 11) is 0. The first-order chi connectivity index (χ1) is 8.21. The average Bonchev–Trinajstić information content (AvgIpc) is 2.34. The molecule has 96 valence electrons. The Morgan fingerprint density at radius 3 is 2.76 bits per heavy atom. The first-order valence-electron chi connectivity index (χ1n) is 5.96. The molecule has 0 aromatic heterocycles. The van der Waals surface area contributed by atoms with Crippen LogP contribution in [0, 0.1) is 0 Å². The zero-order valence-electron chi connectivity index (χ0n) is 10.4. The van der Waals surface area contributed by atoms with Crippen LogP contribution in [0.1, 0.15) is 25.8 Å². The van der Waals surface area contributed by atoms with E-state index in [1.54, 1.807) is 0 Å². The molecule has 0 aliphatic heterocycles. The van der Waals surface area contributed by atoms with E-state index in [9.17, 15) is 0 Å². The molecule has 17 heavy (non-hydrogen) atoms. The van der Waals surface area contributed by atoms with Crippen LogP contribution in [0.3, 0.4) is 0 Å². The molecule has 0 aliphatic carbocycles. The number of aliphatic hydroxyl groups is 1. The maximum absolute atomic E-state index is 9.11. The lowest BCUT2D eigenvalue weighted by molar-refractivity contribution is 0.237. The molecule has 0 fully saturated rings. The normalized spacial score (nSPS) is 12.5. The van der Waals surface area contributed by atoms with Crippen LogP contribution < -0.4 is 10.1 Å². The van der Waals surface area contributed by atoms with Crippen molar-refractivity contribution in [1.82, 2.24) is 5.32 Å². The van der Waals surface area contributed by atoms with Gasteiger partial charge in [-0.2, -0.15) is 0 Å². The van der Waals surface area contributed by atoms with Crippen molar-refractivity contribution in [2.75, 3.05) is 13.2 Å². The summed E-state index contributed by atoms with van der Waals surface area (Å²) in [6, 6.07) is 5.70. The molecule has 0 saturated heterocycles. The highest BCUT2D eigenvalue weighted by atomic mass is 35.5. The molecule has 0 bridgehead atoms. The molecule has 3 nitrogen and oxygen atoms in total. The summed E-state index contributed by atoms with van der Waals surface area (Å²) in [5.41, 5.74) is 1.02. The summed E-state index contributed by atoms with van der Waals surface area (Å²) in [6.45, 7) is 5.41. The lowest BCUT2D eigenvalue weighted by Crippen LogP contribution is -2.31. The molecule has 0 unspecified atom stereocenters. The highest BCUT2D eigenvalue weighted by Crippen LogP contribution is 2.23. The number of halogens is 1. The largest absolute Gasteiger partial charge is 0.494 e. The van der Waals surface area contributed by atoms with Gasteiger partial charge in [0.15, 0.2) is 0 Å². The molecule has 0 aliphatic rings. The molecule has 0 radical (unpaired) electrons. The SMILES string of the molecule is CCOc1ccc(Cl)cc1CN[C@@H](CC)CO. The van der Waals surface area contributed by atoms with Crippen LogP contribution in [0.25, 0.3) is 0 Å². The minimum atomic E-state index is 0.114. The summed E-state index contributed by atoms with van der Waals surface area (Å²) in [5, 5.41) is 13.1. The van der Waals surface area contributed by atoms with Crippen molar-refractivity contribution in [1.29, 1.82) is 0 Å². The smallest absolute Gasteiger partial charge is 0.123 e. The molecule has 4 heteroatoms. The van der Waals surface area contributed by atoms with Gasteiger partial charge in [-0.05, 0) is 31.5 Å². The van der Waals surface area contributed by atoms with E-state index in [2.05, 4.69) is 5.32 Å². The van der Waals surface area contributed by atoms with Crippen LogP contribution in [-0.4, -0.2) is 24.4 Å². The second-order valence-corrected chi connectivity index (χ2v) is 4.29. The number of hydrogen-bond donors (Lipinski definition) is 2. The fourth-order valence-corrected chi connectivity index (χ4v) is 1.77. The highest BCUT2D eigenvalue weighted by Gasteiger charge is 2.08. The second kappa shape index (κ2) is 7.54. The van der Waals surface area contributed by atoms with Gasteiger partial charge in [-0.15, -0.1) is 0 Å². The third-order valence-corrected chi connectivity index (χ3v) is 2.85. The second-order valence-electron chi connectivity index (χ2n) is 3.85. The van der Waals surface area contributed by atoms with Crippen LogP contribution in [0.4, 0.5) is 0 Å². The Morgan fingerprint density at radius 1 is 1.41 bits per heavy atom. The topological polar surface area (TPSA) is 41.5 Å². The Hall–Kier alpha value is -0.770. The Kier molecular flexibility index (Phi) is 6.34. The van der Waals surface area contributed by atoms with Gasteiger partial charge in [-0.3, -0.25) is 0 Å². The van der Waals surface area contributed by atoms with Crippen molar-refractivity contribution >= 4 is 11.6 Å². The maximum atomic E-state index is 9.11. The number of hydrogen-bond acceptors (Lipinski definition) is 3. The van der Waals surface area contributed by atoms with Crippen LogP contribution in [0.2, 0.25) is 5.02 Å². The highest BCUT2D eigenvalue weighted by molar-refractivity contribution is 6.30. The van der Waals surface area contributed by atoms with Crippen LogP contribution in [0.15, 0.2) is 18.2 Å². The van der Waals surface area contributed by atoms with Crippen molar-refractivity contribution in [2.45, 2.75) is 32.9 Å². The van der Waals surface area contributed by atoms with Crippen LogP contribution >= 0.6 is 11.6 Å². The van der Waals surface area contributed by atoms with Gasteiger partial charge < -0.3 is 15.2 Å². The lowest BCUT2D eigenvalue weighted by atomic mass is 10.1. The zero-order chi connectivity index (χ0) is 12.7. The fourth-order valence-electron chi connectivity index (χ4n) is 1.57. The number of ether oxygens (including phenoxy) is 1. The number of aliphatic hydroxyl groups excluding tert-OH is 1. The van der Waals surface area contributed by atoms with Gasteiger partial charge in [0.1, 0.15) is 5.75 Å². The van der Waals surface area contributed by atoms with Gasteiger partial charge in [-0.25, -0.2) is 0 Å². The molecule has 0 amide bonds. The van der Waals surface area contributed by atoms with Gasteiger partial charge in [0, 0.05) is 23.2 Å². The van der Waals surface area contributed by atoms with E-state index in [-0.39, 0.29) is 12.6 Å². The molecular weight excluding hydrogens is 238 g/mol. The Morgan fingerprint density at radius 2 is 2.18 bits per heavy atom. The summed E-state index contributed by atoms with van der Waals surface area (Å²) in [5.74, 6) is 0.845. The van der Waals surface area contributed by atoms with Crippen molar-refractivity contribution in [3.8, 4) is 5.75 Å². The van der Waals surface area contributed by atoms with E-state index >= 15 is 0 Å². The number of nitrogens with one attached hydrogen (secondary N) is 1. The summed E-state index contributed by atoms with van der Waals surface area (Å²) in [4.78, 5) is 0. The standard InChI is InChI=1S/C13H20ClNO2/c1-3-12(9-16)15-8-10-7-11(14)5-6-13(10)17-4-2/h5-7,12,15-16H,3-4,8-9H2,1-2H3/t12-/m0/s1. The average molecular weight is 258 g/mol. The summed E-state index contributed by atoms with van der Waals surface area (Å²) >= 11 is 5.97. The Bertz CT molecular complexity index is 340. The van der Waals surface area contributed by atoms with Crippen LogP contribution in [-0.2, 0) is 6.54 Å². The van der Waals surface area contributed by atoms with E-state index in [4.69, 9.17) is 21.4 Å². The maximum Gasteiger partial charge on any atom is 0.123 e. The molecule has 1 rings (SSSR count). The third kappa shape index (κ3) is 4.54. The van der Waals surface area contributed by atoms with Gasteiger partial charge in [-0.1, -0.05) is 18.5 Å². The molecule has 1 atom stereocenters. The van der Waals surface area contributed by atoms with Crippen molar-refractivity contribution in [3.63, 3.8) is 0 Å². The van der Waals surface area contributed by atoms with Crippen molar-refractivity contribution in [2.24, 2.45) is 0 Å². The van der Waals surface area contributed by atoms with Gasteiger partial charge in [0.05, 0.1) is 13.2 Å². The predicted molar refractivity (Wildman–Crippen MR) is 70.6 cm³/mol. The molecule has 1 aromatic carbocycles. The van der Waals surface area contributed by atoms with Gasteiger partial charge in [0.2, 0.25) is 0 Å². The number of rotatable bonds is 7. The Labute approximate surface area is 108 Å². The fraction of sp³-hybridized carbons (Fsp3) is 0.538. The lowest BCUT2D eigenvalue weighted by Gasteiger charge is -2.16. The van der Waals surface area contributed by atoms with E-state index < -0.39 is 0 Å². The minimum absolute atomic E-state index is 0.114. The molecule has 0 spiro atoms. The van der Waals surface area contributed by atoms with E-state index in [1.165, 1.54) is 0 Å². The molecule has 2 N–H and O–H groups in total. The quantitative estimate of drug-likeness (QED) is 0.789. The van der Waals surface area contributed by atoms with Crippen molar-refractivity contribution < 1.29 is 9.84 Å². The number of benzene rings is 1. The Balaban J connectivity index is 2.70.